The monoisotopic (exact) mass is 508 g/mol. The number of hydrogen-bond donors (Lipinski definition) is 0. The van der Waals surface area contributed by atoms with E-state index in [1.807, 2.05) is 12.1 Å². The molecule has 0 N–H and O–H groups in total. The van der Waals surface area contributed by atoms with E-state index in [-0.39, 0.29) is 0 Å². The molecule has 0 aliphatic rings. The van der Waals surface area contributed by atoms with Crippen molar-refractivity contribution < 1.29 is 33.2 Å². The second-order valence-corrected chi connectivity index (χ2v) is 8.33. The van der Waals surface area contributed by atoms with Crippen molar-refractivity contribution in [3.05, 3.63) is 29.8 Å². The fourth-order valence-electron chi connectivity index (χ4n) is 3.31. The Bertz CT molecular complexity index is 615. The Kier molecular flexibility index (Phi) is 23.7. The molecule has 0 unspecified atom stereocenters. The molecular formula is C29H48O7. The van der Waals surface area contributed by atoms with Crippen LogP contribution in [-0.4, -0.2) is 85.9 Å². The van der Waals surface area contributed by atoms with Crippen LogP contribution < -0.4 is 4.74 Å². The van der Waals surface area contributed by atoms with Gasteiger partial charge in [0.25, 0.3) is 0 Å². The minimum atomic E-state index is 0.317. The van der Waals surface area contributed by atoms with Crippen LogP contribution in [0.4, 0.5) is 0 Å². The van der Waals surface area contributed by atoms with E-state index in [1.54, 1.807) is 0 Å². The van der Waals surface area contributed by atoms with Gasteiger partial charge in [-0.05, 0) is 30.5 Å². The van der Waals surface area contributed by atoms with Crippen LogP contribution in [0.2, 0.25) is 0 Å². The normalized spacial score (nSPS) is 11.0. The SMILES string of the molecule is C#CCOCCOCCOCCOCCOCCOCCOc1ccc(CCCCCCCC)cc1. The molecule has 0 radical (unpaired) electrons. The highest BCUT2D eigenvalue weighted by Crippen LogP contribution is 2.15. The molecule has 0 heterocycles. The molecule has 0 atom stereocenters. The molecule has 0 fully saturated rings. The number of hydrogen-bond acceptors (Lipinski definition) is 7. The highest BCUT2D eigenvalue weighted by molar-refractivity contribution is 5.27. The van der Waals surface area contributed by atoms with Crippen LogP contribution >= 0.6 is 0 Å². The van der Waals surface area contributed by atoms with E-state index >= 15 is 0 Å². The zero-order valence-corrected chi connectivity index (χ0v) is 22.4. The van der Waals surface area contributed by atoms with E-state index in [2.05, 4.69) is 25.0 Å². The van der Waals surface area contributed by atoms with E-state index < -0.39 is 0 Å². The minimum Gasteiger partial charge on any atom is -0.491 e. The van der Waals surface area contributed by atoms with Gasteiger partial charge in [-0.1, -0.05) is 57.1 Å². The molecule has 0 aliphatic heterocycles. The van der Waals surface area contributed by atoms with Gasteiger partial charge in [0.2, 0.25) is 0 Å². The molecule has 7 heteroatoms. The third-order valence-corrected chi connectivity index (χ3v) is 5.28. The topological polar surface area (TPSA) is 64.6 Å². The predicted molar refractivity (Wildman–Crippen MR) is 143 cm³/mol. The van der Waals surface area contributed by atoms with Crippen LogP contribution in [0.15, 0.2) is 24.3 Å². The Labute approximate surface area is 219 Å². The van der Waals surface area contributed by atoms with Crippen molar-refractivity contribution in [2.45, 2.75) is 51.9 Å². The van der Waals surface area contributed by atoms with Gasteiger partial charge in [0.1, 0.15) is 19.0 Å². The molecule has 0 spiro atoms. The van der Waals surface area contributed by atoms with Crippen LogP contribution in [0.3, 0.4) is 0 Å². The van der Waals surface area contributed by atoms with Gasteiger partial charge >= 0.3 is 0 Å². The molecule has 206 valence electrons. The summed E-state index contributed by atoms with van der Waals surface area (Å²) in [5.74, 6) is 3.29. The lowest BCUT2D eigenvalue weighted by atomic mass is 10.0. The van der Waals surface area contributed by atoms with Gasteiger partial charge in [0.05, 0.1) is 72.7 Å². The first-order chi connectivity index (χ1) is 17.9. The number of ether oxygens (including phenoxy) is 7. The maximum absolute atomic E-state index is 5.75. The lowest BCUT2D eigenvalue weighted by Crippen LogP contribution is -2.14. The summed E-state index contributed by atoms with van der Waals surface area (Å²) in [5, 5.41) is 0. The Morgan fingerprint density at radius 1 is 0.556 bits per heavy atom. The average Bonchev–Trinajstić information content (AvgIpc) is 2.90. The van der Waals surface area contributed by atoms with E-state index in [4.69, 9.17) is 39.6 Å². The van der Waals surface area contributed by atoms with Crippen LogP contribution in [0, 0.1) is 12.3 Å². The molecule has 1 aromatic carbocycles. The Balaban J connectivity index is 1.79. The van der Waals surface area contributed by atoms with E-state index in [0.29, 0.717) is 85.9 Å². The van der Waals surface area contributed by atoms with Crippen LogP contribution in [0.1, 0.15) is 51.0 Å². The smallest absolute Gasteiger partial charge is 0.119 e. The quantitative estimate of drug-likeness (QED) is 0.126. The second kappa shape index (κ2) is 26.4. The van der Waals surface area contributed by atoms with Crippen LogP contribution in [0.5, 0.6) is 5.75 Å². The Morgan fingerprint density at radius 2 is 1.00 bits per heavy atom. The summed E-state index contributed by atoms with van der Waals surface area (Å²) < 4.78 is 38.1. The maximum atomic E-state index is 5.75. The van der Waals surface area contributed by atoms with E-state index in [1.165, 1.54) is 44.1 Å². The standard InChI is InChI=1S/C29H48O7/c1-3-5-6-7-8-9-10-28-11-13-29(14-12-28)36-27-26-35-25-24-34-23-22-33-21-20-32-19-18-31-17-16-30-15-4-2/h2,11-14H,3,5-10,15-27H2,1H3. The molecule has 0 aliphatic carbocycles. The summed E-state index contributed by atoms with van der Waals surface area (Å²) in [6.45, 7) is 8.92. The van der Waals surface area contributed by atoms with Crippen molar-refractivity contribution in [2.75, 3.05) is 85.9 Å². The zero-order chi connectivity index (χ0) is 25.8. The van der Waals surface area contributed by atoms with Crippen molar-refractivity contribution >= 4 is 0 Å². The lowest BCUT2D eigenvalue weighted by Gasteiger charge is -2.09. The zero-order valence-electron chi connectivity index (χ0n) is 22.4. The third-order valence-electron chi connectivity index (χ3n) is 5.28. The molecular weight excluding hydrogens is 460 g/mol. The number of rotatable bonds is 27. The van der Waals surface area contributed by atoms with Crippen molar-refractivity contribution in [2.24, 2.45) is 0 Å². The first-order valence-electron chi connectivity index (χ1n) is 13.5. The van der Waals surface area contributed by atoms with Gasteiger partial charge in [-0.3, -0.25) is 0 Å². The first-order valence-corrected chi connectivity index (χ1v) is 13.5. The fourth-order valence-corrected chi connectivity index (χ4v) is 3.31. The largest absolute Gasteiger partial charge is 0.491 e. The summed E-state index contributed by atoms with van der Waals surface area (Å²) >= 11 is 0. The van der Waals surface area contributed by atoms with Crippen molar-refractivity contribution in [3.63, 3.8) is 0 Å². The molecule has 0 aromatic heterocycles. The molecule has 0 amide bonds. The van der Waals surface area contributed by atoms with Gasteiger partial charge in [-0.2, -0.15) is 0 Å². The molecule has 36 heavy (non-hydrogen) atoms. The van der Waals surface area contributed by atoms with E-state index in [9.17, 15) is 0 Å². The number of terminal acetylenes is 1. The number of unbranched alkanes of at least 4 members (excludes halogenated alkanes) is 5. The minimum absolute atomic E-state index is 0.317. The van der Waals surface area contributed by atoms with Crippen molar-refractivity contribution in [1.82, 2.24) is 0 Å². The summed E-state index contributed by atoms with van der Waals surface area (Å²) in [6, 6.07) is 8.43. The van der Waals surface area contributed by atoms with E-state index in [0.717, 1.165) is 12.2 Å². The van der Waals surface area contributed by atoms with Crippen molar-refractivity contribution in [3.8, 4) is 18.1 Å². The summed E-state index contributed by atoms with van der Waals surface area (Å²) in [5.41, 5.74) is 1.38. The highest BCUT2D eigenvalue weighted by Gasteiger charge is 1.98. The van der Waals surface area contributed by atoms with Gasteiger partial charge in [-0.15, -0.1) is 6.42 Å². The first kappa shape index (κ1) is 32.4. The molecule has 0 saturated carbocycles. The second-order valence-electron chi connectivity index (χ2n) is 8.33. The number of benzene rings is 1. The Morgan fingerprint density at radius 3 is 1.50 bits per heavy atom. The van der Waals surface area contributed by atoms with Crippen molar-refractivity contribution in [1.29, 1.82) is 0 Å². The van der Waals surface area contributed by atoms with Gasteiger partial charge in [0.15, 0.2) is 0 Å². The van der Waals surface area contributed by atoms with Gasteiger partial charge < -0.3 is 33.2 Å². The third kappa shape index (κ3) is 21.6. The average molecular weight is 509 g/mol. The summed E-state index contributed by atoms with van der Waals surface area (Å²) in [6.07, 6.45) is 14.2. The maximum Gasteiger partial charge on any atom is 0.119 e. The molecule has 1 aromatic rings. The fraction of sp³-hybridized carbons (Fsp3) is 0.724. The molecule has 0 saturated heterocycles. The molecule has 0 bridgehead atoms. The van der Waals surface area contributed by atoms with Crippen LogP contribution in [0.25, 0.3) is 0 Å². The lowest BCUT2D eigenvalue weighted by molar-refractivity contribution is -0.0167. The van der Waals surface area contributed by atoms with Crippen LogP contribution in [-0.2, 0) is 34.8 Å². The molecule has 7 nitrogen and oxygen atoms in total. The highest BCUT2D eigenvalue weighted by atomic mass is 16.6. The Hall–Kier alpha value is -1.66. The number of aryl methyl sites for hydroxylation is 1. The summed E-state index contributed by atoms with van der Waals surface area (Å²) in [4.78, 5) is 0. The summed E-state index contributed by atoms with van der Waals surface area (Å²) in [7, 11) is 0. The van der Waals surface area contributed by atoms with Gasteiger partial charge in [0, 0.05) is 0 Å². The predicted octanol–water partition coefficient (Wildman–Crippen LogP) is 4.70. The van der Waals surface area contributed by atoms with Gasteiger partial charge in [-0.25, -0.2) is 0 Å². The molecule has 1 rings (SSSR count).